The first kappa shape index (κ1) is 18.1. The highest BCUT2D eigenvalue weighted by molar-refractivity contribution is 6.30. The van der Waals surface area contributed by atoms with Crippen LogP contribution in [0.1, 0.15) is 34.5 Å². The van der Waals surface area contributed by atoms with Crippen molar-refractivity contribution in [3.63, 3.8) is 0 Å². The standard InChI is InChI=1S/C22H18ClN3O3/c1-2-25-21(28)16-17(22(25)29)19(20(27)12-7-9-14(23)10-8-12)26-18(16)15-6-4-3-5-13(15)11-24-26/h3-11,16-19H,2H2,1H3/t16-,17+,18+,19-/m0/s1. The minimum Gasteiger partial charge on any atom is -0.292 e. The normalized spacial score (nSPS) is 27.1. The van der Waals surface area contributed by atoms with Crippen molar-refractivity contribution < 1.29 is 14.4 Å². The second kappa shape index (κ2) is 6.52. The first-order valence-corrected chi connectivity index (χ1v) is 9.97. The molecule has 2 aromatic carbocycles. The van der Waals surface area contributed by atoms with Crippen LogP contribution >= 0.6 is 11.6 Å². The van der Waals surface area contributed by atoms with E-state index in [1.165, 1.54) is 4.90 Å². The third-order valence-electron chi connectivity index (χ3n) is 6.10. The summed E-state index contributed by atoms with van der Waals surface area (Å²) in [5, 5.41) is 6.71. The number of likely N-dealkylation sites (tertiary alicyclic amines) is 1. The monoisotopic (exact) mass is 407 g/mol. The van der Waals surface area contributed by atoms with Crippen LogP contribution in [0.25, 0.3) is 0 Å². The van der Waals surface area contributed by atoms with Gasteiger partial charge in [0.05, 0.1) is 24.1 Å². The highest BCUT2D eigenvalue weighted by atomic mass is 35.5. The maximum absolute atomic E-state index is 13.5. The van der Waals surface area contributed by atoms with Crippen LogP contribution in [0.5, 0.6) is 0 Å². The molecule has 0 bridgehead atoms. The first-order chi connectivity index (χ1) is 14.0. The fraction of sp³-hybridized carbons (Fsp3) is 0.273. The number of carbonyl (C=O) groups is 3. The number of nitrogens with zero attached hydrogens (tertiary/aromatic N) is 3. The molecule has 3 heterocycles. The summed E-state index contributed by atoms with van der Waals surface area (Å²) in [4.78, 5) is 41.0. The van der Waals surface area contributed by atoms with Gasteiger partial charge in [0.1, 0.15) is 6.04 Å². The molecule has 3 aliphatic heterocycles. The van der Waals surface area contributed by atoms with E-state index < -0.39 is 23.9 Å². The van der Waals surface area contributed by atoms with E-state index >= 15 is 0 Å². The van der Waals surface area contributed by atoms with Gasteiger partial charge in [0, 0.05) is 17.1 Å². The fourth-order valence-corrected chi connectivity index (χ4v) is 4.95. The van der Waals surface area contributed by atoms with Gasteiger partial charge < -0.3 is 0 Å². The van der Waals surface area contributed by atoms with E-state index in [0.29, 0.717) is 17.1 Å². The smallest absolute Gasteiger partial charge is 0.235 e. The Balaban J connectivity index is 1.65. The van der Waals surface area contributed by atoms with Gasteiger partial charge in [-0.1, -0.05) is 35.9 Å². The largest absolute Gasteiger partial charge is 0.292 e. The van der Waals surface area contributed by atoms with Gasteiger partial charge >= 0.3 is 0 Å². The predicted molar refractivity (Wildman–Crippen MR) is 108 cm³/mol. The minimum atomic E-state index is -0.830. The zero-order valence-electron chi connectivity index (χ0n) is 15.7. The van der Waals surface area contributed by atoms with Gasteiger partial charge in [-0.05, 0) is 42.3 Å². The molecule has 0 N–H and O–H groups in total. The summed E-state index contributed by atoms with van der Waals surface area (Å²) in [5.74, 6) is -2.12. The molecule has 0 aliphatic carbocycles. The molecule has 4 atom stereocenters. The van der Waals surface area contributed by atoms with E-state index in [-0.39, 0.29) is 17.6 Å². The zero-order chi connectivity index (χ0) is 20.3. The summed E-state index contributed by atoms with van der Waals surface area (Å²) in [6, 6.07) is 13.0. The highest BCUT2D eigenvalue weighted by Gasteiger charge is 2.64. The molecule has 0 radical (unpaired) electrons. The van der Waals surface area contributed by atoms with Crippen molar-refractivity contribution in [2.75, 3.05) is 6.54 Å². The lowest BCUT2D eigenvalue weighted by atomic mass is 9.83. The summed E-state index contributed by atoms with van der Waals surface area (Å²) >= 11 is 5.96. The molecule has 3 aliphatic rings. The molecular weight excluding hydrogens is 390 g/mol. The van der Waals surface area contributed by atoms with Crippen molar-refractivity contribution in [3.05, 3.63) is 70.2 Å². The number of benzene rings is 2. The Labute approximate surface area is 172 Å². The van der Waals surface area contributed by atoms with Crippen molar-refractivity contribution in [2.24, 2.45) is 16.9 Å². The summed E-state index contributed by atoms with van der Waals surface area (Å²) in [6.45, 7) is 2.07. The molecule has 2 aromatic rings. The van der Waals surface area contributed by atoms with Gasteiger partial charge in [0.2, 0.25) is 11.8 Å². The number of imide groups is 1. The molecule has 2 amide bonds. The summed E-state index contributed by atoms with van der Waals surface area (Å²) in [5.41, 5.74) is 2.27. The van der Waals surface area contributed by atoms with E-state index in [4.69, 9.17) is 11.6 Å². The summed E-state index contributed by atoms with van der Waals surface area (Å²) in [6.07, 6.45) is 1.70. The Morgan fingerprint density at radius 2 is 1.72 bits per heavy atom. The number of Topliss-reactive ketones (excluding diaryl/α,β-unsaturated/α-hetero) is 1. The lowest BCUT2D eigenvalue weighted by Gasteiger charge is -2.33. The minimum absolute atomic E-state index is 0.226. The molecule has 0 unspecified atom stereocenters. The van der Waals surface area contributed by atoms with E-state index in [2.05, 4.69) is 5.10 Å². The number of hydrogen-bond donors (Lipinski definition) is 0. The molecule has 5 rings (SSSR count). The van der Waals surface area contributed by atoms with Crippen molar-refractivity contribution in [3.8, 4) is 0 Å². The molecule has 146 valence electrons. The molecule has 6 nitrogen and oxygen atoms in total. The van der Waals surface area contributed by atoms with Crippen LogP contribution in [-0.2, 0) is 9.59 Å². The van der Waals surface area contributed by atoms with Gasteiger partial charge in [-0.25, -0.2) is 0 Å². The Morgan fingerprint density at radius 1 is 1.03 bits per heavy atom. The third-order valence-corrected chi connectivity index (χ3v) is 6.35. The van der Waals surface area contributed by atoms with Gasteiger partial charge in [-0.15, -0.1) is 0 Å². The highest BCUT2D eigenvalue weighted by Crippen LogP contribution is 2.52. The number of hydrogen-bond acceptors (Lipinski definition) is 5. The van der Waals surface area contributed by atoms with Crippen LogP contribution in [0.15, 0.2) is 53.6 Å². The number of halogens is 1. The second-order valence-corrected chi connectivity index (χ2v) is 7.92. The van der Waals surface area contributed by atoms with Crippen molar-refractivity contribution in [1.29, 1.82) is 0 Å². The first-order valence-electron chi connectivity index (χ1n) is 9.59. The molecule has 7 heteroatoms. The Kier molecular flexibility index (Phi) is 4.06. The molecule has 29 heavy (non-hydrogen) atoms. The van der Waals surface area contributed by atoms with Crippen LogP contribution in [0.2, 0.25) is 5.02 Å². The SMILES string of the molecule is CCN1C(=O)[C@@H]2[C@H](C1=O)[C@H]1c3ccccc3C=NN1[C@@H]2C(=O)c1ccc(Cl)cc1. The van der Waals surface area contributed by atoms with E-state index in [0.717, 1.165) is 11.1 Å². The number of carbonyl (C=O) groups excluding carboxylic acids is 3. The molecule has 2 fully saturated rings. The maximum atomic E-state index is 13.5. The maximum Gasteiger partial charge on any atom is 0.235 e. The second-order valence-electron chi connectivity index (χ2n) is 7.49. The average molecular weight is 408 g/mol. The quantitative estimate of drug-likeness (QED) is 0.579. The molecule has 0 saturated carbocycles. The number of amides is 2. The van der Waals surface area contributed by atoms with Crippen LogP contribution < -0.4 is 0 Å². The van der Waals surface area contributed by atoms with Crippen LogP contribution in [0.3, 0.4) is 0 Å². The van der Waals surface area contributed by atoms with Gasteiger partial charge in [-0.3, -0.25) is 24.3 Å². The average Bonchev–Trinajstić information content (AvgIpc) is 3.21. The molecular formula is C22H18ClN3O3. The van der Waals surface area contributed by atoms with Gasteiger partial charge in [0.25, 0.3) is 0 Å². The number of rotatable bonds is 3. The topological polar surface area (TPSA) is 70.1 Å². The van der Waals surface area contributed by atoms with Gasteiger partial charge in [0.15, 0.2) is 5.78 Å². The van der Waals surface area contributed by atoms with Crippen molar-refractivity contribution in [1.82, 2.24) is 9.91 Å². The van der Waals surface area contributed by atoms with Crippen LogP contribution in [-0.4, -0.2) is 46.3 Å². The fourth-order valence-electron chi connectivity index (χ4n) is 4.83. The molecule has 0 aromatic heterocycles. The number of ketones is 1. The van der Waals surface area contributed by atoms with Crippen molar-refractivity contribution in [2.45, 2.75) is 19.0 Å². The summed E-state index contributed by atoms with van der Waals surface area (Å²) in [7, 11) is 0. The van der Waals surface area contributed by atoms with Crippen LogP contribution in [0, 0.1) is 11.8 Å². The van der Waals surface area contributed by atoms with Crippen molar-refractivity contribution >= 4 is 35.4 Å². The summed E-state index contributed by atoms with van der Waals surface area (Å²) < 4.78 is 0. The predicted octanol–water partition coefficient (Wildman–Crippen LogP) is 2.92. The molecule has 0 spiro atoms. The van der Waals surface area contributed by atoms with E-state index in [9.17, 15) is 14.4 Å². The number of hydrazone groups is 1. The van der Waals surface area contributed by atoms with Gasteiger partial charge in [-0.2, -0.15) is 5.10 Å². The van der Waals surface area contributed by atoms with E-state index in [1.54, 1.807) is 42.4 Å². The zero-order valence-corrected chi connectivity index (χ0v) is 16.4. The lowest BCUT2D eigenvalue weighted by Crippen LogP contribution is -2.44. The number of fused-ring (bicyclic) bond motifs is 5. The Hall–Kier alpha value is -2.99. The Bertz CT molecular complexity index is 1070. The lowest BCUT2D eigenvalue weighted by molar-refractivity contribution is -0.141. The Morgan fingerprint density at radius 3 is 2.45 bits per heavy atom. The van der Waals surface area contributed by atoms with E-state index in [1.807, 2.05) is 24.3 Å². The van der Waals surface area contributed by atoms with Crippen LogP contribution in [0.4, 0.5) is 0 Å². The third kappa shape index (κ3) is 2.48. The molecule has 2 saturated heterocycles.